The summed E-state index contributed by atoms with van der Waals surface area (Å²) in [6.45, 7) is 3.29. The summed E-state index contributed by atoms with van der Waals surface area (Å²) in [7, 11) is 1.96. The number of hydrogen-bond donors (Lipinski definition) is 1. The van der Waals surface area contributed by atoms with Gasteiger partial charge < -0.3 is 5.32 Å². The summed E-state index contributed by atoms with van der Waals surface area (Å²) in [5, 5.41) is 13.0. The number of hydrogen-bond acceptors (Lipinski definition) is 3. The zero-order valence-corrected chi connectivity index (χ0v) is 8.56. The van der Waals surface area contributed by atoms with E-state index in [1.54, 1.807) is 18.2 Å². The summed E-state index contributed by atoms with van der Waals surface area (Å²) in [6, 6.07) is 7.93. The van der Waals surface area contributed by atoms with E-state index in [-0.39, 0.29) is 5.69 Å². The van der Waals surface area contributed by atoms with Crippen molar-refractivity contribution in [1.29, 1.82) is 0 Å². The van der Waals surface area contributed by atoms with Gasteiger partial charge in [0.15, 0.2) is 0 Å². The molecule has 0 saturated heterocycles. The first-order valence-electron chi connectivity index (χ1n) is 4.56. The summed E-state index contributed by atoms with van der Waals surface area (Å²) in [5.41, 5.74) is 0.137. The Balaban J connectivity index is 0.000000292. The van der Waals surface area contributed by atoms with Crippen LogP contribution >= 0.6 is 0 Å². The zero-order chi connectivity index (χ0) is 10.8. The topological polar surface area (TPSA) is 55.2 Å². The highest BCUT2D eigenvalue weighted by molar-refractivity contribution is 5.27. The van der Waals surface area contributed by atoms with Gasteiger partial charge in [-0.1, -0.05) is 25.1 Å². The fourth-order valence-electron chi connectivity index (χ4n) is 0.800. The molecule has 0 unspecified atom stereocenters. The van der Waals surface area contributed by atoms with Crippen molar-refractivity contribution in [3.63, 3.8) is 0 Å². The van der Waals surface area contributed by atoms with Gasteiger partial charge in [0.1, 0.15) is 0 Å². The Labute approximate surface area is 84.1 Å². The van der Waals surface area contributed by atoms with Gasteiger partial charge in [0.2, 0.25) is 0 Å². The minimum atomic E-state index is -0.417. The second-order valence-corrected chi connectivity index (χ2v) is 2.70. The van der Waals surface area contributed by atoms with Crippen molar-refractivity contribution in [2.45, 2.75) is 13.3 Å². The molecule has 0 radical (unpaired) electrons. The van der Waals surface area contributed by atoms with Crippen molar-refractivity contribution in [2.75, 3.05) is 13.6 Å². The molecule has 0 saturated carbocycles. The molecular formula is C10H16N2O2. The molecular weight excluding hydrogens is 180 g/mol. The molecule has 0 atom stereocenters. The number of rotatable bonds is 3. The Hall–Kier alpha value is -1.42. The lowest BCUT2D eigenvalue weighted by atomic mass is 10.3. The Morgan fingerprint density at radius 2 is 1.93 bits per heavy atom. The highest BCUT2D eigenvalue weighted by atomic mass is 16.6. The third kappa shape index (κ3) is 6.14. The number of nitrogens with zero attached hydrogens (tertiary/aromatic N) is 1. The first-order valence-corrected chi connectivity index (χ1v) is 4.56. The van der Waals surface area contributed by atoms with E-state index in [1.165, 1.54) is 18.6 Å². The average Bonchev–Trinajstić information content (AvgIpc) is 2.21. The van der Waals surface area contributed by atoms with Gasteiger partial charge in [-0.2, -0.15) is 0 Å². The molecule has 0 aliphatic rings. The zero-order valence-electron chi connectivity index (χ0n) is 8.56. The maximum atomic E-state index is 10.0. The lowest BCUT2D eigenvalue weighted by Crippen LogP contribution is -2.04. The van der Waals surface area contributed by atoms with E-state index in [9.17, 15) is 10.1 Å². The van der Waals surface area contributed by atoms with Crippen LogP contribution in [0.2, 0.25) is 0 Å². The molecule has 1 aromatic carbocycles. The molecule has 0 bridgehead atoms. The Kier molecular flexibility index (Phi) is 7.36. The molecule has 78 valence electrons. The highest BCUT2D eigenvalue weighted by Gasteiger charge is 1.98. The smallest absolute Gasteiger partial charge is 0.269 e. The Morgan fingerprint density at radius 1 is 1.36 bits per heavy atom. The maximum Gasteiger partial charge on any atom is 0.269 e. The van der Waals surface area contributed by atoms with Gasteiger partial charge in [-0.3, -0.25) is 10.1 Å². The molecule has 14 heavy (non-hydrogen) atoms. The molecule has 0 fully saturated rings. The summed E-state index contributed by atoms with van der Waals surface area (Å²) in [6.07, 6.45) is 1.23. The van der Waals surface area contributed by atoms with E-state index in [4.69, 9.17) is 0 Å². The number of nitrogens with one attached hydrogen (secondary N) is 1. The van der Waals surface area contributed by atoms with E-state index in [0.717, 1.165) is 6.54 Å². The third-order valence-electron chi connectivity index (χ3n) is 1.47. The predicted molar refractivity (Wildman–Crippen MR) is 57.3 cm³/mol. The van der Waals surface area contributed by atoms with Gasteiger partial charge in [0, 0.05) is 12.1 Å². The molecule has 1 aromatic rings. The van der Waals surface area contributed by atoms with Crippen LogP contribution in [-0.2, 0) is 0 Å². The Bertz CT molecular complexity index is 248. The molecule has 0 heterocycles. The van der Waals surface area contributed by atoms with Crippen molar-refractivity contribution in [3.05, 3.63) is 40.4 Å². The largest absolute Gasteiger partial charge is 0.320 e. The number of benzene rings is 1. The van der Waals surface area contributed by atoms with Crippen LogP contribution in [0.4, 0.5) is 5.69 Å². The first kappa shape index (κ1) is 12.6. The molecule has 1 rings (SSSR count). The van der Waals surface area contributed by atoms with Crippen molar-refractivity contribution >= 4 is 5.69 Å². The second-order valence-electron chi connectivity index (χ2n) is 2.70. The lowest BCUT2D eigenvalue weighted by Gasteiger charge is -1.85. The van der Waals surface area contributed by atoms with Gasteiger partial charge in [0.05, 0.1) is 4.92 Å². The highest BCUT2D eigenvalue weighted by Crippen LogP contribution is 2.06. The van der Waals surface area contributed by atoms with E-state index in [0.29, 0.717) is 0 Å². The van der Waals surface area contributed by atoms with Gasteiger partial charge in [0.25, 0.3) is 5.69 Å². The van der Waals surface area contributed by atoms with E-state index >= 15 is 0 Å². The molecule has 1 N–H and O–H groups in total. The van der Waals surface area contributed by atoms with Crippen molar-refractivity contribution < 1.29 is 4.92 Å². The monoisotopic (exact) mass is 196 g/mol. The van der Waals surface area contributed by atoms with Crippen LogP contribution in [0.1, 0.15) is 13.3 Å². The fourth-order valence-corrected chi connectivity index (χ4v) is 0.800. The summed E-state index contributed by atoms with van der Waals surface area (Å²) < 4.78 is 0. The van der Waals surface area contributed by atoms with Crippen LogP contribution < -0.4 is 5.32 Å². The van der Waals surface area contributed by atoms with Crippen molar-refractivity contribution in [2.24, 2.45) is 0 Å². The van der Waals surface area contributed by atoms with E-state index in [1.807, 2.05) is 7.05 Å². The van der Waals surface area contributed by atoms with Gasteiger partial charge >= 0.3 is 0 Å². The van der Waals surface area contributed by atoms with Gasteiger partial charge in [-0.15, -0.1) is 0 Å². The first-order chi connectivity index (χ1) is 6.72. The van der Waals surface area contributed by atoms with Crippen LogP contribution in [0.5, 0.6) is 0 Å². The molecule has 0 aromatic heterocycles. The fraction of sp³-hybridized carbons (Fsp3) is 0.400. The van der Waals surface area contributed by atoms with Crippen molar-refractivity contribution in [1.82, 2.24) is 5.32 Å². The summed E-state index contributed by atoms with van der Waals surface area (Å²) >= 11 is 0. The summed E-state index contributed by atoms with van der Waals surface area (Å²) in [5.74, 6) is 0. The van der Waals surface area contributed by atoms with Crippen LogP contribution in [0, 0.1) is 10.1 Å². The standard InChI is InChI=1S/C6H5NO2.C4H11N/c8-7(9)6-4-2-1-3-5-6;1-3-4-5-2/h1-5H;5H,3-4H2,1-2H3. The number of para-hydroxylation sites is 1. The summed E-state index contributed by atoms with van der Waals surface area (Å²) in [4.78, 5) is 9.59. The molecule has 4 heteroatoms. The predicted octanol–water partition coefficient (Wildman–Crippen LogP) is 2.21. The van der Waals surface area contributed by atoms with Crippen LogP contribution in [0.25, 0.3) is 0 Å². The van der Waals surface area contributed by atoms with E-state index < -0.39 is 4.92 Å². The second kappa shape index (κ2) is 8.19. The van der Waals surface area contributed by atoms with Crippen LogP contribution in [0.3, 0.4) is 0 Å². The minimum Gasteiger partial charge on any atom is -0.320 e. The normalized spacial score (nSPS) is 8.71. The Morgan fingerprint density at radius 3 is 2.14 bits per heavy atom. The van der Waals surface area contributed by atoms with Gasteiger partial charge in [-0.05, 0) is 20.0 Å². The maximum absolute atomic E-state index is 10.0. The molecule has 0 aliphatic carbocycles. The molecule has 0 aliphatic heterocycles. The SMILES string of the molecule is CCCNC.O=[N+]([O-])c1ccccc1. The number of nitro benzene ring substituents is 1. The number of non-ortho nitro benzene ring substituents is 1. The quantitative estimate of drug-likeness (QED) is 0.595. The lowest BCUT2D eigenvalue weighted by molar-refractivity contribution is -0.384. The molecule has 4 nitrogen and oxygen atoms in total. The van der Waals surface area contributed by atoms with Gasteiger partial charge in [-0.25, -0.2) is 0 Å². The number of nitro groups is 1. The molecule has 0 amide bonds. The minimum absolute atomic E-state index is 0.137. The average molecular weight is 196 g/mol. The molecule has 0 spiro atoms. The third-order valence-corrected chi connectivity index (χ3v) is 1.47. The van der Waals surface area contributed by atoms with Crippen LogP contribution in [-0.4, -0.2) is 18.5 Å². The van der Waals surface area contributed by atoms with Crippen molar-refractivity contribution in [3.8, 4) is 0 Å². The van der Waals surface area contributed by atoms with Crippen LogP contribution in [0.15, 0.2) is 30.3 Å². The van der Waals surface area contributed by atoms with E-state index in [2.05, 4.69) is 12.2 Å².